The maximum atomic E-state index is 11.7. The number of amides is 2. The van der Waals surface area contributed by atoms with Crippen molar-refractivity contribution in [3.8, 4) is 0 Å². The average molecular weight is 284 g/mol. The Labute approximate surface area is 114 Å². The molecule has 2 amide bonds. The lowest BCUT2D eigenvalue weighted by molar-refractivity contribution is -0.154. The second-order valence-electron chi connectivity index (χ2n) is 4.52. The van der Waals surface area contributed by atoms with Crippen LogP contribution < -0.4 is 10.6 Å². The number of thiophene rings is 1. The van der Waals surface area contributed by atoms with Gasteiger partial charge >= 0.3 is 12.0 Å². The van der Waals surface area contributed by atoms with Crippen LogP contribution in [0.2, 0.25) is 0 Å². The monoisotopic (exact) mass is 284 g/mol. The molecule has 0 spiro atoms. The molecule has 1 aromatic rings. The Hall–Kier alpha value is -1.60. The van der Waals surface area contributed by atoms with Crippen molar-refractivity contribution in [3.05, 3.63) is 16.8 Å². The van der Waals surface area contributed by atoms with E-state index in [4.69, 9.17) is 4.74 Å². The summed E-state index contributed by atoms with van der Waals surface area (Å²) in [6.07, 6.45) is 0.835. The van der Waals surface area contributed by atoms with Crippen LogP contribution in [0, 0.1) is 5.41 Å². The van der Waals surface area contributed by atoms with Gasteiger partial charge in [-0.15, -0.1) is 0 Å². The molecule has 1 saturated heterocycles. The summed E-state index contributed by atoms with van der Waals surface area (Å²) >= 11 is 1.48. The molecule has 0 bridgehead atoms. The zero-order valence-corrected chi connectivity index (χ0v) is 11.2. The number of nitrogens with one attached hydrogen (secondary N) is 2. The number of urea groups is 1. The van der Waals surface area contributed by atoms with Crippen molar-refractivity contribution >= 4 is 29.0 Å². The van der Waals surface area contributed by atoms with Gasteiger partial charge < -0.3 is 20.5 Å². The molecule has 1 aliphatic heterocycles. The second kappa shape index (κ2) is 6.03. The number of anilines is 1. The molecule has 3 N–H and O–H groups in total. The van der Waals surface area contributed by atoms with E-state index in [1.54, 1.807) is 11.4 Å². The van der Waals surface area contributed by atoms with Crippen molar-refractivity contribution in [3.63, 3.8) is 0 Å². The first-order valence-electron chi connectivity index (χ1n) is 6.01. The van der Waals surface area contributed by atoms with E-state index < -0.39 is 11.4 Å². The quantitative estimate of drug-likeness (QED) is 0.786. The Kier molecular flexibility index (Phi) is 4.39. The molecule has 7 heteroatoms. The SMILES string of the molecule is O=C(NCC1(C(=O)O)CCOCC1)Nc1ccsc1. The molecule has 1 aromatic heterocycles. The van der Waals surface area contributed by atoms with E-state index in [1.807, 2.05) is 5.38 Å². The second-order valence-corrected chi connectivity index (χ2v) is 5.30. The molecule has 0 atom stereocenters. The van der Waals surface area contributed by atoms with Gasteiger partial charge in [-0.25, -0.2) is 4.79 Å². The van der Waals surface area contributed by atoms with E-state index in [-0.39, 0.29) is 12.6 Å². The Bertz CT molecular complexity index is 441. The van der Waals surface area contributed by atoms with E-state index in [1.165, 1.54) is 11.3 Å². The molecule has 104 valence electrons. The lowest BCUT2D eigenvalue weighted by Crippen LogP contribution is -2.47. The fourth-order valence-electron chi connectivity index (χ4n) is 1.99. The van der Waals surface area contributed by atoms with Gasteiger partial charge in [-0.2, -0.15) is 11.3 Å². The van der Waals surface area contributed by atoms with Crippen LogP contribution in [0.15, 0.2) is 16.8 Å². The summed E-state index contributed by atoms with van der Waals surface area (Å²) in [5, 5.41) is 18.3. The molecule has 0 aliphatic carbocycles. The predicted molar refractivity (Wildman–Crippen MR) is 71.5 cm³/mol. The first-order chi connectivity index (χ1) is 9.12. The van der Waals surface area contributed by atoms with E-state index >= 15 is 0 Å². The third-order valence-corrected chi connectivity index (χ3v) is 3.95. The van der Waals surface area contributed by atoms with Crippen molar-refractivity contribution in [2.24, 2.45) is 5.41 Å². The topological polar surface area (TPSA) is 87.7 Å². The summed E-state index contributed by atoms with van der Waals surface area (Å²) in [6, 6.07) is 1.40. The molecule has 2 heterocycles. The molecular formula is C12H16N2O4S. The van der Waals surface area contributed by atoms with Crippen LogP contribution in [0.1, 0.15) is 12.8 Å². The number of carbonyl (C=O) groups excluding carboxylic acids is 1. The summed E-state index contributed by atoms with van der Waals surface area (Å²) in [5.41, 5.74) is -0.205. The predicted octanol–water partition coefficient (Wildman–Crippen LogP) is 1.75. The zero-order valence-electron chi connectivity index (χ0n) is 10.3. The van der Waals surface area contributed by atoms with Crippen LogP contribution in [0.5, 0.6) is 0 Å². The fraction of sp³-hybridized carbons (Fsp3) is 0.500. The molecule has 2 rings (SSSR count). The van der Waals surface area contributed by atoms with Crippen LogP contribution in [0.4, 0.5) is 10.5 Å². The van der Waals surface area contributed by atoms with Crippen LogP contribution in [-0.2, 0) is 9.53 Å². The van der Waals surface area contributed by atoms with Gasteiger partial charge in [0.05, 0.1) is 11.1 Å². The molecule has 1 aliphatic rings. The van der Waals surface area contributed by atoms with Crippen molar-refractivity contribution in [1.82, 2.24) is 5.32 Å². The molecular weight excluding hydrogens is 268 g/mol. The third kappa shape index (κ3) is 3.45. The van der Waals surface area contributed by atoms with Gasteiger partial charge in [0.25, 0.3) is 0 Å². The zero-order chi connectivity index (χ0) is 13.7. The molecule has 1 fully saturated rings. The van der Waals surface area contributed by atoms with E-state index in [2.05, 4.69) is 10.6 Å². The van der Waals surface area contributed by atoms with Crippen molar-refractivity contribution in [2.75, 3.05) is 25.1 Å². The Balaban J connectivity index is 1.88. The number of aliphatic carboxylic acids is 1. The molecule has 6 nitrogen and oxygen atoms in total. The standard InChI is InChI=1S/C12H16N2O4S/c15-10(16)12(2-4-18-5-3-12)8-13-11(17)14-9-1-6-19-7-9/h1,6-7H,2-5,8H2,(H,15,16)(H2,13,14,17). The van der Waals surface area contributed by atoms with Gasteiger partial charge in [0, 0.05) is 25.1 Å². The highest BCUT2D eigenvalue weighted by Gasteiger charge is 2.40. The lowest BCUT2D eigenvalue weighted by Gasteiger charge is -2.33. The van der Waals surface area contributed by atoms with Gasteiger partial charge in [0.1, 0.15) is 0 Å². The Morgan fingerprint density at radius 2 is 2.16 bits per heavy atom. The number of hydrogen-bond donors (Lipinski definition) is 3. The molecule has 19 heavy (non-hydrogen) atoms. The molecule has 0 unspecified atom stereocenters. The minimum atomic E-state index is -0.912. The summed E-state index contributed by atoms with van der Waals surface area (Å²) in [4.78, 5) is 23.1. The van der Waals surface area contributed by atoms with Gasteiger partial charge in [0.2, 0.25) is 0 Å². The summed E-state index contributed by atoms with van der Waals surface area (Å²) < 4.78 is 5.18. The number of ether oxygens (including phenoxy) is 1. The maximum Gasteiger partial charge on any atom is 0.319 e. The van der Waals surface area contributed by atoms with Gasteiger partial charge in [-0.05, 0) is 24.3 Å². The highest BCUT2D eigenvalue weighted by Crippen LogP contribution is 2.30. The summed E-state index contributed by atoms with van der Waals surface area (Å²) in [6.45, 7) is 0.946. The first kappa shape index (κ1) is 13.8. The Morgan fingerprint density at radius 1 is 1.42 bits per heavy atom. The van der Waals surface area contributed by atoms with Gasteiger partial charge in [-0.1, -0.05) is 0 Å². The van der Waals surface area contributed by atoms with E-state index in [0.29, 0.717) is 31.7 Å². The highest BCUT2D eigenvalue weighted by atomic mass is 32.1. The van der Waals surface area contributed by atoms with Crippen LogP contribution in [0.25, 0.3) is 0 Å². The molecule has 0 radical (unpaired) electrons. The van der Waals surface area contributed by atoms with Gasteiger partial charge in [-0.3, -0.25) is 4.79 Å². The smallest absolute Gasteiger partial charge is 0.319 e. The van der Waals surface area contributed by atoms with Crippen LogP contribution in [0.3, 0.4) is 0 Å². The van der Waals surface area contributed by atoms with E-state index in [0.717, 1.165) is 0 Å². The summed E-state index contributed by atoms with van der Waals surface area (Å²) in [7, 11) is 0. The number of carbonyl (C=O) groups is 2. The third-order valence-electron chi connectivity index (χ3n) is 3.27. The van der Waals surface area contributed by atoms with Crippen LogP contribution in [-0.4, -0.2) is 36.9 Å². The minimum Gasteiger partial charge on any atom is -0.481 e. The van der Waals surface area contributed by atoms with Crippen molar-refractivity contribution in [2.45, 2.75) is 12.8 Å². The maximum absolute atomic E-state index is 11.7. The largest absolute Gasteiger partial charge is 0.481 e. The summed E-state index contributed by atoms with van der Waals surface area (Å²) in [5.74, 6) is -0.883. The lowest BCUT2D eigenvalue weighted by atomic mass is 9.80. The minimum absolute atomic E-state index is 0.113. The normalized spacial score (nSPS) is 17.7. The van der Waals surface area contributed by atoms with Crippen LogP contribution >= 0.6 is 11.3 Å². The highest BCUT2D eigenvalue weighted by molar-refractivity contribution is 7.08. The van der Waals surface area contributed by atoms with Gasteiger partial charge in [0.15, 0.2) is 0 Å². The number of carboxylic acid groups (broad SMARTS) is 1. The van der Waals surface area contributed by atoms with E-state index in [9.17, 15) is 14.7 Å². The first-order valence-corrected chi connectivity index (χ1v) is 6.95. The molecule has 0 aromatic carbocycles. The number of hydrogen-bond acceptors (Lipinski definition) is 4. The Morgan fingerprint density at radius 3 is 2.74 bits per heavy atom. The average Bonchev–Trinajstić information content (AvgIpc) is 2.90. The fourth-order valence-corrected chi connectivity index (χ4v) is 2.58. The van der Waals surface area contributed by atoms with Crippen molar-refractivity contribution < 1.29 is 19.4 Å². The molecule has 0 saturated carbocycles. The number of carboxylic acids is 1. The van der Waals surface area contributed by atoms with Crippen molar-refractivity contribution in [1.29, 1.82) is 0 Å². The number of rotatable bonds is 4.